The van der Waals surface area contributed by atoms with E-state index in [0.29, 0.717) is 29.0 Å². The molecule has 0 bridgehead atoms. The Morgan fingerprint density at radius 2 is 1.76 bits per heavy atom. The molecule has 3 aromatic rings. The van der Waals surface area contributed by atoms with Crippen molar-refractivity contribution in [3.63, 3.8) is 0 Å². The van der Waals surface area contributed by atoms with Crippen molar-refractivity contribution in [2.45, 2.75) is 24.5 Å². The summed E-state index contributed by atoms with van der Waals surface area (Å²) in [4.78, 5) is 5.66. The van der Waals surface area contributed by atoms with Gasteiger partial charge in [0.1, 0.15) is 0 Å². The molecule has 0 aliphatic carbocycles. The molecule has 0 saturated carbocycles. The molecule has 0 spiro atoms. The van der Waals surface area contributed by atoms with Gasteiger partial charge in [0.05, 0.1) is 20.0 Å². The van der Waals surface area contributed by atoms with E-state index in [1.165, 1.54) is 16.0 Å². The molecule has 0 amide bonds. The molecule has 3 rings (SSSR count). The minimum absolute atomic E-state index is 0.539. The molecular weight excluding hydrogens is 336 g/mol. The highest BCUT2D eigenvalue weighted by Gasteiger charge is 2.12. The summed E-state index contributed by atoms with van der Waals surface area (Å²) in [6.07, 6.45) is 0. The summed E-state index contributed by atoms with van der Waals surface area (Å²) < 4.78 is 15.9. The molecule has 6 heteroatoms. The lowest BCUT2D eigenvalue weighted by Gasteiger charge is -2.07. The van der Waals surface area contributed by atoms with Crippen molar-refractivity contribution < 1.29 is 14.0 Å². The summed E-state index contributed by atoms with van der Waals surface area (Å²) in [6, 6.07) is 12.0. The van der Waals surface area contributed by atoms with Crippen LogP contribution < -0.4 is 9.47 Å². The van der Waals surface area contributed by atoms with E-state index in [2.05, 4.69) is 42.2 Å². The monoisotopic (exact) mass is 356 g/mol. The topological polar surface area (TPSA) is 57.4 Å². The molecule has 0 aliphatic rings. The highest BCUT2D eigenvalue weighted by molar-refractivity contribution is 7.98. The van der Waals surface area contributed by atoms with E-state index in [1.807, 2.05) is 18.2 Å². The van der Waals surface area contributed by atoms with Crippen LogP contribution in [-0.4, -0.2) is 24.4 Å². The molecule has 25 heavy (non-hydrogen) atoms. The van der Waals surface area contributed by atoms with Gasteiger partial charge in [0.25, 0.3) is 0 Å². The van der Waals surface area contributed by atoms with Gasteiger partial charge in [0.2, 0.25) is 11.7 Å². The molecular formula is C19H20N2O3S. The maximum Gasteiger partial charge on any atom is 0.237 e. The zero-order valence-corrected chi connectivity index (χ0v) is 15.5. The summed E-state index contributed by atoms with van der Waals surface area (Å²) >= 11 is 1.68. The standard InChI is InChI=1S/C19H20N2O3S/c1-12-5-7-15(9-13(12)2)25-11-18-20-19(21-24-18)14-6-8-16(22-3)17(10-14)23-4/h5-10H,11H2,1-4H3. The Bertz CT molecular complexity index is 877. The highest BCUT2D eigenvalue weighted by atomic mass is 32.2. The third-order valence-electron chi connectivity index (χ3n) is 3.95. The number of benzene rings is 2. The van der Waals surface area contributed by atoms with Crippen molar-refractivity contribution in [2.75, 3.05) is 14.2 Å². The lowest BCUT2D eigenvalue weighted by molar-refractivity contribution is 0.355. The van der Waals surface area contributed by atoms with Crippen molar-refractivity contribution in [1.29, 1.82) is 0 Å². The Hall–Kier alpha value is -2.47. The van der Waals surface area contributed by atoms with Gasteiger partial charge in [-0.25, -0.2) is 0 Å². The fourth-order valence-corrected chi connectivity index (χ4v) is 3.19. The molecule has 2 aromatic carbocycles. The Morgan fingerprint density at radius 1 is 0.960 bits per heavy atom. The summed E-state index contributed by atoms with van der Waals surface area (Å²) in [7, 11) is 3.21. The van der Waals surface area contributed by atoms with Gasteiger partial charge in [0, 0.05) is 10.5 Å². The van der Waals surface area contributed by atoms with Gasteiger partial charge in [-0.15, -0.1) is 11.8 Å². The van der Waals surface area contributed by atoms with Crippen molar-refractivity contribution >= 4 is 11.8 Å². The molecule has 0 atom stereocenters. The molecule has 130 valence electrons. The number of hydrogen-bond acceptors (Lipinski definition) is 6. The maximum atomic E-state index is 5.37. The Labute approximate surface area is 151 Å². The van der Waals surface area contributed by atoms with Gasteiger partial charge in [0.15, 0.2) is 11.5 Å². The number of hydrogen-bond donors (Lipinski definition) is 0. The summed E-state index contributed by atoms with van der Waals surface area (Å²) in [6.45, 7) is 4.22. The van der Waals surface area contributed by atoms with E-state index < -0.39 is 0 Å². The van der Waals surface area contributed by atoms with Crippen LogP contribution in [0.5, 0.6) is 11.5 Å². The van der Waals surface area contributed by atoms with Crippen molar-refractivity contribution in [3.05, 3.63) is 53.4 Å². The Kier molecular flexibility index (Phi) is 5.28. The quantitative estimate of drug-likeness (QED) is 0.599. The summed E-state index contributed by atoms with van der Waals surface area (Å²) in [5.41, 5.74) is 3.39. The van der Waals surface area contributed by atoms with Crippen molar-refractivity contribution in [1.82, 2.24) is 10.1 Å². The normalized spacial score (nSPS) is 10.7. The molecule has 0 N–H and O–H groups in total. The molecule has 0 fully saturated rings. The van der Waals surface area contributed by atoms with E-state index in [9.17, 15) is 0 Å². The number of aromatic nitrogens is 2. The Morgan fingerprint density at radius 3 is 2.48 bits per heavy atom. The summed E-state index contributed by atoms with van der Waals surface area (Å²) in [5, 5.41) is 4.07. The van der Waals surface area contributed by atoms with Crippen LogP contribution >= 0.6 is 11.8 Å². The molecule has 1 aromatic heterocycles. The number of rotatable bonds is 6. The minimum atomic E-state index is 0.539. The average Bonchev–Trinajstić information content (AvgIpc) is 3.11. The molecule has 0 radical (unpaired) electrons. The van der Waals surface area contributed by atoms with E-state index in [0.717, 1.165) is 5.56 Å². The summed E-state index contributed by atoms with van der Waals surface area (Å²) in [5.74, 6) is 3.06. The number of aryl methyl sites for hydroxylation is 2. The first kappa shape index (κ1) is 17.4. The molecule has 0 saturated heterocycles. The second-order valence-electron chi connectivity index (χ2n) is 5.62. The zero-order valence-electron chi connectivity index (χ0n) is 14.7. The van der Waals surface area contributed by atoms with Crippen LogP contribution in [0.4, 0.5) is 0 Å². The molecule has 1 heterocycles. The first-order valence-electron chi connectivity index (χ1n) is 7.85. The van der Waals surface area contributed by atoms with Crippen LogP contribution in [0.15, 0.2) is 45.8 Å². The maximum absolute atomic E-state index is 5.37. The second-order valence-corrected chi connectivity index (χ2v) is 6.66. The SMILES string of the molecule is COc1ccc(-c2noc(CSc3ccc(C)c(C)c3)n2)cc1OC. The third-order valence-corrected chi connectivity index (χ3v) is 4.93. The largest absolute Gasteiger partial charge is 0.493 e. The number of thioether (sulfide) groups is 1. The number of nitrogens with zero attached hydrogens (tertiary/aromatic N) is 2. The number of methoxy groups -OCH3 is 2. The van der Waals surface area contributed by atoms with Gasteiger partial charge >= 0.3 is 0 Å². The van der Waals surface area contributed by atoms with Gasteiger partial charge in [-0.1, -0.05) is 11.2 Å². The molecule has 0 unspecified atom stereocenters. The Balaban J connectivity index is 1.73. The van der Waals surface area contributed by atoms with Crippen LogP contribution in [0, 0.1) is 13.8 Å². The van der Waals surface area contributed by atoms with Gasteiger partial charge < -0.3 is 14.0 Å². The van der Waals surface area contributed by atoms with Crippen LogP contribution in [0.2, 0.25) is 0 Å². The minimum Gasteiger partial charge on any atom is -0.493 e. The van der Waals surface area contributed by atoms with E-state index in [-0.39, 0.29) is 0 Å². The van der Waals surface area contributed by atoms with Crippen LogP contribution in [0.3, 0.4) is 0 Å². The molecule has 0 aliphatic heterocycles. The van der Waals surface area contributed by atoms with Crippen molar-refractivity contribution in [3.8, 4) is 22.9 Å². The van der Waals surface area contributed by atoms with Gasteiger partial charge in [-0.3, -0.25) is 0 Å². The van der Waals surface area contributed by atoms with Crippen molar-refractivity contribution in [2.24, 2.45) is 0 Å². The van der Waals surface area contributed by atoms with E-state index in [4.69, 9.17) is 14.0 Å². The zero-order chi connectivity index (χ0) is 17.8. The fourth-order valence-electron chi connectivity index (χ4n) is 2.35. The predicted octanol–water partition coefficient (Wildman–Crippen LogP) is 4.66. The fraction of sp³-hybridized carbons (Fsp3) is 0.263. The van der Waals surface area contributed by atoms with Gasteiger partial charge in [-0.2, -0.15) is 4.98 Å². The lowest BCUT2D eigenvalue weighted by Crippen LogP contribution is -1.91. The van der Waals surface area contributed by atoms with E-state index in [1.54, 1.807) is 26.0 Å². The molecule has 5 nitrogen and oxygen atoms in total. The average molecular weight is 356 g/mol. The highest BCUT2D eigenvalue weighted by Crippen LogP contribution is 2.31. The third kappa shape index (κ3) is 3.96. The lowest BCUT2D eigenvalue weighted by atomic mass is 10.1. The van der Waals surface area contributed by atoms with Crippen LogP contribution in [-0.2, 0) is 5.75 Å². The van der Waals surface area contributed by atoms with Crippen LogP contribution in [0.25, 0.3) is 11.4 Å². The van der Waals surface area contributed by atoms with Gasteiger partial charge in [-0.05, 0) is 55.3 Å². The predicted molar refractivity (Wildman–Crippen MR) is 98.3 cm³/mol. The first-order chi connectivity index (χ1) is 12.1. The second kappa shape index (κ2) is 7.61. The number of ether oxygens (including phenoxy) is 2. The first-order valence-corrected chi connectivity index (χ1v) is 8.84. The van der Waals surface area contributed by atoms with Crippen LogP contribution in [0.1, 0.15) is 17.0 Å². The van der Waals surface area contributed by atoms with E-state index >= 15 is 0 Å². The smallest absolute Gasteiger partial charge is 0.237 e.